The van der Waals surface area contributed by atoms with E-state index in [1.54, 1.807) is 41.2 Å². The molecule has 194 valence electrons. The largest absolute Gasteiger partial charge is 0.340 e. The Labute approximate surface area is 212 Å². The van der Waals surface area contributed by atoms with Crippen molar-refractivity contribution < 1.29 is 18.4 Å². The molecule has 3 aromatic rings. The maximum absolute atomic E-state index is 14.9. The average molecular weight is 511 g/mol. The van der Waals surface area contributed by atoms with Crippen LogP contribution >= 0.6 is 0 Å². The number of halogens is 2. The predicted molar refractivity (Wildman–Crippen MR) is 133 cm³/mol. The number of carbonyl (C=O) groups is 2. The summed E-state index contributed by atoms with van der Waals surface area (Å²) < 4.78 is 31.0. The molecule has 3 aromatic heterocycles. The van der Waals surface area contributed by atoms with Crippen molar-refractivity contribution in [2.45, 2.75) is 50.9 Å². The molecule has 3 atom stereocenters. The second kappa shape index (κ2) is 10.8. The van der Waals surface area contributed by atoms with E-state index in [-0.39, 0.29) is 36.7 Å². The molecular weight excluding hydrogens is 482 g/mol. The van der Waals surface area contributed by atoms with Crippen LogP contribution in [0.5, 0.6) is 0 Å². The van der Waals surface area contributed by atoms with Gasteiger partial charge >= 0.3 is 0 Å². The first-order valence-corrected chi connectivity index (χ1v) is 11.8. The number of rotatable bonds is 8. The lowest BCUT2D eigenvalue weighted by atomic mass is 10.0. The van der Waals surface area contributed by atoms with E-state index in [9.17, 15) is 18.4 Å². The molecule has 2 amide bonds. The van der Waals surface area contributed by atoms with Gasteiger partial charge in [-0.05, 0) is 24.1 Å². The zero-order valence-electron chi connectivity index (χ0n) is 20.4. The number of aromatic nitrogens is 3. The Morgan fingerprint density at radius 1 is 1.32 bits per heavy atom. The van der Waals surface area contributed by atoms with Gasteiger partial charge < -0.3 is 25.9 Å². The molecule has 1 aliphatic rings. The quantitative estimate of drug-likeness (QED) is 0.185. The molecule has 12 heteroatoms. The zero-order chi connectivity index (χ0) is 26.7. The number of alkyl halides is 1. The van der Waals surface area contributed by atoms with Crippen molar-refractivity contribution in [1.82, 2.24) is 24.6 Å². The molecule has 0 radical (unpaired) electrons. The molecule has 0 aliphatic carbocycles. The molecule has 1 saturated heterocycles. The van der Waals surface area contributed by atoms with Crippen LogP contribution in [0.4, 0.5) is 8.78 Å². The summed E-state index contributed by atoms with van der Waals surface area (Å²) in [6, 6.07) is 6.58. The van der Waals surface area contributed by atoms with Crippen LogP contribution in [0.1, 0.15) is 55.6 Å². The Bertz CT molecular complexity index is 1360. The molecule has 0 spiro atoms. The van der Waals surface area contributed by atoms with E-state index < -0.39 is 36.0 Å². The normalized spacial score (nSPS) is 18.6. The second-order valence-corrected chi connectivity index (χ2v) is 9.21. The lowest BCUT2D eigenvalue weighted by Crippen LogP contribution is -2.47. The van der Waals surface area contributed by atoms with Crippen LogP contribution in [0, 0.1) is 11.4 Å². The number of hydrogen-bond donors (Lipinski definition) is 3. The zero-order valence-corrected chi connectivity index (χ0v) is 20.4. The summed E-state index contributed by atoms with van der Waals surface area (Å²) in [6.07, 6.45) is 2.36. The maximum Gasteiger partial charge on any atom is 0.243 e. The molecule has 0 aromatic carbocycles. The Balaban J connectivity index is 1.67. The smallest absolute Gasteiger partial charge is 0.243 e. The summed E-state index contributed by atoms with van der Waals surface area (Å²) in [7, 11) is 0. The van der Waals surface area contributed by atoms with Crippen molar-refractivity contribution in [1.29, 1.82) is 5.41 Å². The standard InChI is InChI=1S/C25H28F2N8O2/c1-14(2)17-6-7-18(32-24(17)27)22(23-19-5-3-4-8-34(19)13-30-23)33-25(37)20-9-15(26)12-35(20)21(36)10-16(28)11-31-29/h3-8,11,13-15,20,22,28H,9-10,12,29H2,1-2H3,(H,33,37)/b28-16?,31-11-/t15-,20+,22?/m1/s1. The number of hydrazone groups is 1. The summed E-state index contributed by atoms with van der Waals surface area (Å²) in [5.41, 5.74) is 1.57. The SMILES string of the molecule is CC(C)c1ccc(C(NC(=O)[C@@H]2C[C@@H](F)CN2C(=O)CC(=N)/C=N\N)c2ncn3ccccc23)nc1F. The van der Waals surface area contributed by atoms with E-state index in [0.717, 1.165) is 11.1 Å². The number of carbonyl (C=O) groups excluding carboxylic acids is 2. The third-order valence-corrected chi connectivity index (χ3v) is 6.30. The van der Waals surface area contributed by atoms with Crippen molar-refractivity contribution in [2.24, 2.45) is 10.9 Å². The number of pyridine rings is 2. The fourth-order valence-corrected chi connectivity index (χ4v) is 4.47. The van der Waals surface area contributed by atoms with Gasteiger partial charge in [-0.2, -0.15) is 9.49 Å². The van der Waals surface area contributed by atoms with Crippen molar-refractivity contribution in [3.63, 3.8) is 0 Å². The van der Waals surface area contributed by atoms with E-state index in [4.69, 9.17) is 11.3 Å². The highest BCUT2D eigenvalue weighted by atomic mass is 19.1. The van der Waals surface area contributed by atoms with E-state index >= 15 is 0 Å². The fourth-order valence-electron chi connectivity index (χ4n) is 4.47. The lowest BCUT2D eigenvalue weighted by Gasteiger charge is -2.26. The van der Waals surface area contributed by atoms with Gasteiger partial charge in [0.2, 0.25) is 17.8 Å². The van der Waals surface area contributed by atoms with E-state index in [2.05, 4.69) is 20.4 Å². The van der Waals surface area contributed by atoms with Crippen LogP contribution in [0.2, 0.25) is 0 Å². The van der Waals surface area contributed by atoms with E-state index in [1.165, 1.54) is 0 Å². The second-order valence-electron chi connectivity index (χ2n) is 9.21. The lowest BCUT2D eigenvalue weighted by molar-refractivity contribution is -0.137. The molecule has 1 unspecified atom stereocenters. The average Bonchev–Trinajstić information content (AvgIpc) is 3.46. The van der Waals surface area contributed by atoms with Gasteiger partial charge in [-0.15, -0.1) is 0 Å². The van der Waals surface area contributed by atoms with Crippen LogP contribution < -0.4 is 11.2 Å². The van der Waals surface area contributed by atoms with Crippen molar-refractivity contribution in [2.75, 3.05) is 6.54 Å². The highest BCUT2D eigenvalue weighted by Gasteiger charge is 2.41. The number of amides is 2. The minimum atomic E-state index is -1.41. The molecule has 10 nitrogen and oxygen atoms in total. The summed E-state index contributed by atoms with van der Waals surface area (Å²) in [5, 5.41) is 13.8. The van der Waals surface area contributed by atoms with Gasteiger partial charge in [-0.3, -0.25) is 9.59 Å². The number of nitrogens with zero attached hydrogens (tertiary/aromatic N) is 5. The number of imidazole rings is 1. The number of hydrogen-bond acceptors (Lipinski definition) is 7. The summed E-state index contributed by atoms with van der Waals surface area (Å²) >= 11 is 0. The molecule has 0 bridgehead atoms. The van der Waals surface area contributed by atoms with Crippen molar-refractivity contribution >= 4 is 29.3 Å². The number of nitrogens with one attached hydrogen (secondary N) is 2. The van der Waals surface area contributed by atoms with Gasteiger partial charge in [0.05, 0.1) is 48.1 Å². The van der Waals surface area contributed by atoms with Crippen LogP contribution in [-0.2, 0) is 9.59 Å². The summed E-state index contributed by atoms with van der Waals surface area (Å²) in [4.78, 5) is 35.9. The molecule has 4 N–H and O–H groups in total. The molecule has 1 aliphatic heterocycles. The monoisotopic (exact) mass is 510 g/mol. The predicted octanol–water partition coefficient (Wildman–Crippen LogP) is 2.49. The van der Waals surface area contributed by atoms with Gasteiger partial charge in [0.15, 0.2) is 0 Å². The molecule has 37 heavy (non-hydrogen) atoms. The van der Waals surface area contributed by atoms with Gasteiger partial charge in [0.25, 0.3) is 0 Å². The Kier molecular flexibility index (Phi) is 7.55. The molecule has 4 heterocycles. The minimum absolute atomic E-state index is 0.0920. The van der Waals surface area contributed by atoms with E-state index in [1.807, 2.05) is 19.9 Å². The van der Waals surface area contributed by atoms with Crippen molar-refractivity contribution in [3.05, 3.63) is 65.8 Å². The number of fused-ring (bicyclic) bond motifs is 1. The summed E-state index contributed by atoms with van der Waals surface area (Å²) in [5.74, 6) is 3.05. The topological polar surface area (TPSA) is 142 Å². The summed E-state index contributed by atoms with van der Waals surface area (Å²) in [6.45, 7) is 3.41. The maximum atomic E-state index is 14.9. The number of nitrogens with two attached hydrogens (primary N) is 1. The highest BCUT2D eigenvalue weighted by molar-refractivity contribution is 6.33. The van der Waals surface area contributed by atoms with Gasteiger partial charge in [-0.25, -0.2) is 14.4 Å². The number of likely N-dealkylation sites (tertiary alicyclic amines) is 1. The Hall–Kier alpha value is -4.22. The Morgan fingerprint density at radius 3 is 2.81 bits per heavy atom. The van der Waals surface area contributed by atoms with Crippen LogP contribution in [0.25, 0.3) is 5.52 Å². The first-order chi connectivity index (χ1) is 17.7. The molecular formula is C25H28F2N8O2. The first-order valence-electron chi connectivity index (χ1n) is 11.8. The minimum Gasteiger partial charge on any atom is -0.340 e. The fraction of sp³-hybridized carbons (Fsp3) is 0.360. The molecule has 1 fully saturated rings. The van der Waals surface area contributed by atoms with Crippen LogP contribution in [-0.4, -0.2) is 61.8 Å². The molecule has 0 saturated carbocycles. The van der Waals surface area contributed by atoms with Gasteiger partial charge in [0, 0.05) is 18.2 Å². The molecule has 4 rings (SSSR count). The van der Waals surface area contributed by atoms with Gasteiger partial charge in [0.1, 0.15) is 18.3 Å². The van der Waals surface area contributed by atoms with Crippen LogP contribution in [0.15, 0.2) is 48.0 Å². The van der Waals surface area contributed by atoms with Crippen LogP contribution in [0.3, 0.4) is 0 Å². The third-order valence-electron chi connectivity index (χ3n) is 6.30. The van der Waals surface area contributed by atoms with Crippen molar-refractivity contribution in [3.8, 4) is 0 Å². The first kappa shape index (κ1) is 25.9. The Morgan fingerprint density at radius 2 is 2.11 bits per heavy atom. The highest BCUT2D eigenvalue weighted by Crippen LogP contribution is 2.28. The van der Waals surface area contributed by atoms with E-state index in [0.29, 0.717) is 16.8 Å². The van der Waals surface area contributed by atoms with Gasteiger partial charge in [-0.1, -0.05) is 26.0 Å². The third kappa shape index (κ3) is 5.47.